The van der Waals surface area contributed by atoms with E-state index in [1.807, 2.05) is 48.5 Å². The Hall–Kier alpha value is -2.66. The molecule has 3 rings (SSSR count). The minimum atomic E-state index is -0.597. The Bertz CT molecular complexity index is 741. The van der Waals surface area contributed by atoms with Crippen LogP contribution in [0, 0.1) is 0 Å². The molecule has 1 fully saturated rings. The second-order valence-electron chi connectivity index (χ2n) is 7.17. The van der Waals surface area contributed by atoms with Gasteiger partial charge in [-0.15, -0.1) is 0 Å². The van der Waals surface area contributed by atoms with E-state index in [0.717, 1.165) is 31.5 Å². The number of amides is 2. The van der Waals surface area contributed by atoms with Gasteiger partial charge in [-0.2, -0.15) is 0 Å². The summed E-state index contributed by atoms with van der Waals surface area (Å²) >= 11 is 0. The van der Waals surface area contributed by atoms with E-state index in [2.05, 4.69) is 22.6 Å². The molecule has 0 radical (unpaired) electrons. The number of hydrogen-bond acceptors (Lipinski definition) is 3. The third-order valence-electron chi connectivity index (χ3n) is 5.01. The molecular weight excluding hydrogens is 338 g/mol. The van der Waals surface area contributed by atoms with Gasteiger partial charge in [0.15, 0.2) is 0 Å². The summed E-state index contributed by atoms with van der Waals surface area (Å²) in [4.78, 5) is 27.8. The Morgan fingerprint density at radius 3 is 2.22 bits per heavy atom. The average Bonchev–Trinajstić information content (AvgIpc) is 2.70. The molecule has 5 heteroatoms. The number of nitrogens with one attached hydrogen (secondary N) is 2. The SMILES string of the molecule is CN1CCC(NC(=O)[C@@H](Cc2ccccc2)NC(=O)c2ccccc2)CC1. The highest BCUT2D eigenvalue weighted by atomic mass is 16.2. The van der Waals surface area contributed by atoms with Crippen molar-refractivity contribution in [3.63, 3.8) is 0 Å². The number of likely N-dealkylation sites (tertiary alicyclic amines) is 1. The number of hydrogen-bond donors (Lipinski definition) is 2. The van der Waals surface area contributed by atoms with Crippen LogP contribution in [0.2, 0.25) is 0 Å². The van der Waals surface area contributed by atoms with E-state index in [1.54, 1.807) is 12.1 Å². The molecule has 2 aromatic carbocycles. The average molecular weight is 365 g/mol. The predicted octanol–water partition coefficient (Wildman–Crippen LogP) is 2.24. The quantitative estimate of drug-likeness (QED) is 0.825. The van der Waals surface area contributed by atoms with Gasteiger partial charge in [-0.05, 0) is 50.7 Å². The molecule has 1 aliphatic rings. The Balaban J connectivity index is 1.68. The molecule has 1 saturated heterocycles. The van der Waals surface area contributed by atoms with E-state index >= 15 is 0 Å². The molecule has 1 atom stereocenters. The Kier molecular flexibility index (Phi) is 6.60. The minimum Gasteiger partial charge on any atom is -0.351 e. The second-order valence-corrected chi connectivity index (χ2v) is 7.17. The number of carbonyl (C=O) groups excluding carboxylic acids is 2. The van der Waals surface area contributed by atoms with Crippen molar-refractivity contribution < 1.29 is 9.59 Å². The molecule has 0 unspecified atom stereocenters. The molecule has 2 N–H and O–H groups in total. The maximum Gasteiger partial charge on any atom is 0.251 e. The summed E-state index contributed by atoms with van der Waals surface area (Å²) in [6.07, 6.45) is 2.34. The van der Waals surface area contributed by atoms with Crippen LogP contribution in [0.5, 0.6) is 0 Å². The van der Waals surface area contributed by atoms with Crippen LogP contribution >= 0.6 is 0 Å². The fourth-order valence-electron chi connectivity index (χ4n) is 3.34. The maximum atomic E-state index is 12.9. The summed E-state index contributed by atoms with van der Waals surface area (Å²) < 4.78 is 0. The second kappa shape index (κ2) is 9.33. The third-order valence-corrected chi connectivity index (χ3v) is 5.01. The van der Waals surface area contributed by atoms with E-state index in [9.17, 15) is 9.59 Å². The van der Waals surface area contributed by atoms with Crippen molar-refractivity contribution in [2.45, 2.75) is 31.3 Å². The lowest BCUT2D eigenvalue weighted by Gasteiger charge is -2.30. The standard InChI is InChI=1S/C22H27N3O2/c1-25-14-12-19(13-15-25)23-22(27)20(16-17-8-4-2-5-9-17)24-21(26)18-10-6-3-7-11-18/h2-11,19-20H,12-16H2,1H3,(H,23,27)(H,24,26)/t20-/m1/s1. The van der Waals surface area contributed by atoms with Crippen LogP contribution in [0.4, 0.5) is 0 Å². The highest BCUT2D eigenvalue weighted by molar-refractivity contribution is 5.97. The van der Waals surface area contributed by atoms with Crippen LogP contribution in [0.25, 0.3) is 0 Å². The summed E-state index contributed by atoms with van der Waals surface area (Å²) in [5.74, 6) is -0.340. The molecule has 27 heavy (non-hydrogen) atoms. The van der Waals surface area contributed by atoms with Gasteiger partial charge in [0.1, 0.15) is 6.04 Å². The van der Waals surface area contributed by atoms with Crippen molar-refractivity contribution >= 4 is 11.8 Å². The highest BCUT2D eigenvalue weighted by Gasteiger charge is 2.25. The van der Waals surface area contributed by atoms with Gasteiger partial charge >= 0.3 is 0 Å². The van der Waals surface area contributed by atoms with Gasteiger partial charge in [0.2, 0.25) is 5.91 Å². The fraction of sp³-hybridized carbons (Fsp3) is 0.364. The third kappa shape index (κ3) is 5.66. The lowest BCUT2D eigenvalue weighted by Crippen LogP contribution is -2.52. The lowest BCUT2D eigenvalue weighted by atomic mass is 10.0. The zero-order valence-electron chi connectivity index (χ0n) is 15.7. The molecule has 0 saturated carbocycles. The minimum absolute atomic E-state index is 0.113. The van der Waals surface area contributed by atoms with Crippen molar-refractivity contribution in [3.8, 4) is 0 Å². The summed E-state index contributed by atoms with van der Waals surface area (Å²) in [5, 5.41) is 6.05. The molecule has 0 bridgehead atoms. The molecule has 2 amide bonds. The van der Waals surface area contributed by atoms with Crippen molar-refractivity contribution in [1.82, 2.24) is 15.5 Å². The number of piperidine rings is 1. The molecule has 5 nitrogen and oxygen atoms in total. The van der Waals surface area contributed by atoms with Gasteiger partial charge in [0.05, 0.1) is 0 Å². The largest absolute Gasteiger partial charge is 0.351 e. The van der Waals surface area contributed by atoms with E-state index in [-0.39, 0.29) is 17.9 Å². The molecule has 1 heterocycles. The van der Waals surface area contributed by atoms with Crippen LogP contribution in [0.1, 0.15) is 28.8 Å². The zero-order valence-corrected chi connectivity index (χ0v) is 15.7. The number of benzene rings is 2. The van der Waals surface area contributed by atoms with Crippen LogP contribution in [-0.4, -0.2) is 48.9 Å². The Morgan fingerprint density at radius 2 is 1.59 bits per heavy atom. The van der Waals surface area contributed by atoms with Gasteiger partial charge < -0.3 is 15.5 Å². The summed E-state index contributed by atoms with van der Waals surface area (Å²) in [6, 6.07) is 18.4. The van der Waals surface area contributed by atoms with Gasteiger partial charge in [-0.3, -0.25) is 9.59 Å². The predicted molar refractivity (Wildman–Crippen MR) is 107 cm³/mol. The van der Waals surface area contributed by atoms with Crippen LogP contribution in [0.3, 0.4) is 0 Å². The van der Waals surface area contributed by atoms with Crippen LogP contribution in [0.15, 0.2) is 60.7 Å². The first-order valence-corrected chi connectivity index (χ1v) is 9.50. The fourth-order valence-corrected chi connectivity index (χ4v) is 3.34. The molecule has 1 aliphatic heterocycles. The van der Waals surface area contributed by atoms with Crippen molar-refractivity contribution in [3.05, 3.63) is 71.8 Å². The smallest absolute Gasteiger partial charge is 0.251 e. The van der Waals surface area contributed by atoms with Crippen LogP contribution < -0.4 is 10.6 Å². The van der Waals surface area contributed by atoms with Gasteiger partial charge in [-0.1, -0.05) is 48.5 Å². The molecule has 2 aromatic rings. The summed E-state index contributed by atoms with van der Waals surface area (Å²) in [6.45, 7) is 1.95. The van der Waals surface area contributed by atoms with E-state index in [0.29, 0.717) is 12.0 Å². The van der Waals surface area contributed by atoms with Crippen LogP contribution in [-0.2, 0) is 11.2 Å². The first kappa shape index (κ1) is 19.1. The maximum absolute atomic E-state index is 12.9. The first-order chi connectivity index (χ1) is 13.1. The molecule has 0 spiro atoms. The molecule has 0 aromatic heterocycles. The lowest BCUT2D eigenvalue weighted by molar-refractivity contribution is -0.124. The number of nitrogens with zero attached hydrogens (tertiary/aromatic N) is 1. The van der Waals surface area contributed by atoms with Crippen molar-refractivity contribution in [1.29, 1.82) is 0 Å². The van der Waals surface area contributed by atoms with E-state index in [1.165, 1.54) is 0 Å². The number of carbonyl (C=O) groups is 2. The Labute approximate surface area is 160 Å². The van der Waals surface area contributed by atoms with E-state index in [4.69, 9.17) is 0 Å². The topological polar surface area (TPSA) is 61.4 Å². The van der Waals surface area contributed by atoms with Gasteiger partial charge in [0.25, 0.3) is 5.91 Å². The van der Waals surface area contributed by atoms with Gasteiger partial charge in [0, 0.05) is 18.0 Å². The molecular formula is C22H27N3O2. The zero-order chi connectivity index (χ0) is 19.1. The summed E-state index contributed by atoms with van der Waals surface area (Å²) in [7, 11) is 2.09. The first-order valence-electron chi connectivity index (χ1n) is 9.50. The molecule has 0 aliphatic carbocycles. The normalized spacial score (nSPS) is 16.5. The summed E-state index contributed by atoms with van der Waals surface area (Å²) in [5.41, 5.74) is 1.58. The Morgan fingerprint density at radius 1 is 1.00 bits per heavy atom. The van der Waals surface area contributed by atoms with Crippen molar-refractivity contribution in [2.24, 2.45) is 0 Å². The highest BCUT2D eigenvalue weighted by Crippen LogP contribution is 2.10. The number of rotatable bonds is 6. The monoisotopic (exact) mass is 365 g/mol. The van der Waals surface area contributed by atoms with Crippen molar-refractivity contribution in [2.75, 3.05) is 20.1 Å². The van der Waals surface area contributed by atoms with Gasteiger partial charge in [-0.25, -0.2) is 0 Å². The van der Waals surface area contributed by atoms with E-state index < -0.39 is 6.04 Å². The molecule has 142 valence electrons.